The number of nitrogen functional groups attached to an aromatic ring is 1. The average molecular weight is 352 g/mol. The molecule has 1 aromatic heterocycles. The van der Waals surface area contributed by atoms with Gasteiger partial charge in [-0.25, -0.2) is 8.42 Å². The Kier molecular flexibility index (Phi) is 3.92. The zero-order valence-electron chi connectivity index (χ0n) is 13.4. The molecule has 124 valence electrons. The third-order valence-corrected chi connectivity index (χ3v) is 6.85. The summed E-state index contributed by atoms with van der Waals surface area (Å²) in [5, 5.41) is 8.43. The van der Waals surface area contributed by atoms with Crippen LogP contribution in [-0.2, 0) is 15.3 Å². The quantitative estimate of drug-likeness (QED) is 0.911. The Morgan fingerprint density at radius 1 is 1.26 bits per heavy atom. The molecule has 0 saturated carbocycles. The predicted octanol–water partition coefficient (Wildman–Crippen LogP) is 2.28. The summed E-state index contributed by atoms with van der Waals surface area (Å²) in [4.78, 5) is 0.343. The Balaban J connectivity index is 1.84. The van der Waals surface area contributed by atoms with Gasteiger partial charge in [0.15, 0.2) is 15.0 Å². The van der Waals surface area contributed by atoms with Gasteiger partial charge >= 0.3 is 0 Å². The van der Waals surface area contributed by atoms with Gasteiger partial charge in [0.2, 0.25) is 5.95 Å². The lowest BCUT2D eigenvalue weighted by Crippen LogP contribution is -2.21. The van der Waals surface area contributed by atoms with Crippen molar-refractivity contribution in [3.63, 3.8) is 0 Å². The Morgan fingerprint density at radius 2 is 1.91 bits per heavy atom. The third kappa shape index (κ3) is 3.10. The lowest BCUT2D eigenvalue weighted by atomic mass is 9.87. The number of nitrogens with zero attached hydrogens (tertiary/aromatic N) is 3. The van der Waals surface area contributed by atoms with Crippen molar-refractivity contribution in [3.8, 4) is 0 Å². The molecule has 0 unspecified atom stereocenters. The molecule has 0 spiro atoms. The number of rotatable bonds is 3. The fourth-order valence-corrected chi connectivity index (χ4v) is 5.36. The number of thioether (sulfide) groups is 1. The molecule has 6 nitrogen and oxygen atoms in total. The average Bonchev–Trinajstić information content (AvgIpc) is 3.02. The second kappa shape index (κ2) is 5.52. The van der Waals surface area contributed by atoms with Gasteiger partial charge in [-0.3, -0.25) is 4.57 Å². The van der Waals surface area contributed by atoms with Crippen molar-refractivity contribution in [1.29, 1.82) is 0 Å². The zero-order valence-corrected chi connectivity index (χ0v) is 15.0. The summed E-state index contributed by atoms with van der Waals surface area (Å²) in [5.74, 6) is 0.923. The normalized spacial score (nSPS) is 18.1. The van der Waals surface area contributed by atoms with Gasteiger partial charge in [-0.2, -0.15) is 0 Å². The van der Waals surface area contributed by atoms with E-state index < -0.39 is 9.84 Å². The smallest absolute Gasteiger partial charge is 0.223 e. The van der Waals surface area contributed by atoms with Gasteiger partial charge < -0.3 is 5.73 Å². The molecule has 2 N–H and O–H groups in total. The molecule has 1 aromatic carbocycles. The van der Waals surface area contributed by atoms with Crippen molar-refractivity contribution in [2.45, 2.75) is 42.3 Å². The van der Waals surface area contributed by atoms with Crippen LogP contribution in [0.3, 0.4) is 0 Å². The predicted molar refractivity (Wildman–Crippen MR) is 91.4 cm³/mol. The molecule has 0 aliphatic carbocycles. The molecule has 0 bridgehead atoms. The molecule has 0 radical (unpaired) electrons. The van der Waals surface area contributed by atoms with Crippen molar-refractivity contribution in [2.75, 3.05) is 17.2 Å². The van der Waals surface area contributed by atoms with Crippen LogP contribution in [0.4, 0.5) is 5.95 Å². The minimum absolute atomic E-state index is 0.00375. The van der Waals surface area contributed by atoms with Gasteiger partial charge in [-0.05, 0) is 23.1 Å². The van der Waals surface area contributed by atoms with E-state index in [1.54, 1.807) is 16.7 Å². The molecular weight excluding hydrogens is 332 g/mol. The molecule has 2 heterocycles. The maximum atomic E-state index is 12.7. The highest BCUT2D eigenvalue weighted by Gasteiger charge is 2.31. The molecule has 23 heavy (non-hydrogen) atoms. The van der Waals surface area contributed by atoms with Crippen LogP contribution in [0, 0.1) is 0 Å². The molecule has 2 aromatic rings. The van der Waals surface area contributed by atoms with Crippen LogP contribution in [0.25, 0.3) is 0 Å². The number of fused-ring (bicyclic) bond motifs is 1. The van der Waals surface area contributed by atoms with E-state index in [-0.39, 0.29) is 23.2 Å². The highest BCUT2D eigenvalue weighted by Crippen LogP contribution is 2.35. The van der Waals surface area contributed by atoms with E-state index in [1.165, 1.54) is 11.8 Å². The molecule has 3 rings (SSSR count). The van der Waals surface area contributed by atoms with Crippen molar-refractivity contribution < 1.29 is 8.42 Å². The summed E-state index contributed by atoms with van der Waals surface area (Å²) in [5.41, 5.74) is 6.89. The first-order chi connectivity index (χ1) is 10.7. The molecule has 1 aliphatic heterocycles. The summed E-state index contributed by atoms with van der Waals surface area (Å²) in [7, 11) is -3.39. The Bertz CT molecular complexity index is 820. The number of hydrogen-bond donors (Lipinski definition) is 1. The first kappa shape index (κ1) is 16.3. The zero-order chi connectivity index (χ0) is 16.8. The number of benzene rings is 1. The van der Waals surface area contributed by atoms with Crippen LogP contribution >= 0.6 is 11.8 Å². The summed E-state index contributed by atoms with van der Waals surface area (Å²) in [6, 6.07) is 6.92. The summed E-state index contributed by atoms with van der Waals surface area (Å²) >= 11 is 1.48. The van der Waals surface area contributed by atoms with Crippen LogP contribution in [0.2, 0.25) is 0 Å². The van der Waals surface area contributed by atoms with Gasteiger partial charge in [0.05, 0.1) is 16.7 Å². The largest absolute Gasteiger partial charge is 0.368 e. The molecule has 8 heteroatoms. The van der Waals surface area contributed by atoms with E-state index in [2.05, 4.69) is 31.0 Å². The van der Waals surface area contributed by atoms with Crippen molar-refractivity contribution in [2.24, 2.45) is 0 Å². The second-order valence-electron chi connectivity index (χ2n) is 6.73. The van der Waals surface area contributed by atoms with Crippen molar-refractivity contribution in [3.05, 3.63) is 29.8 Å². The number of aromatic nitrogens is 3. The lowest BCUT2D eigenvalue weighted by Gasteiger charge is -2.19. The van der Waals surface area contributed by atoms with Gasteiger partial charge in [0.25, 0.3) is 0 Å². The molecule has 0 saturated heterocycles. The number of sulfone groups is 1. The monoisotopic (exact) mass is 352 g/mol. The van der Waals surface area contributed by atoms with E-state index >= 15 is 0 Å². The molecule has 0 fully saturated rings. The topological polar surface area (TPSA) is 90.9 Å². The van der Waals surface area contributed by atoms with Crippen molar-refractivity contribution in [1.82, 2.24) is 14.8 Å². The van der Waals surface area contributed by atoms with Crippen molar-refractivity contribution >= 4 is 27.5 Å². The van der Waals surface area contributed by atoms with Gasteiger partial charge in [-0.1, -0.05) is 44.7 Å². The van der Waals surface area contributed by atoms with E-state index in [4.69, 9.17) is 5.73 Å². The van der Waals surface area contributed by atoms with Gasteiger partial charge in [-0.15, -0.1) is 10.2 Å². The van der Waals surface area contributed by atoms with Crippen LogP contribution in [0.1, 0.15) is 32.4 Å². The SMILES string of the molecule is CC(C)(C)c1ccc(S(=O)(=O)C[C@@H]2CSc3nnc(N)n32)cc1. The number of anilines is 1. The van der Waals surface area contributed by atoms with Crippen LogP contribution in [-0.4, -0.2) is 34.7 Å². The highest BCUT2D eigenvalue weighted by atomic mass is 32.2. The third-order valence-electron chi connectivity index (χ3n) is 3.95. The first-order valence-corrected chi connectivity index (χ1v) is 9.99. The van der Waals surface area contributed by atoms with E-state index in [0.29, 0.717) is 15.8 Å². The van der Waals surface area contributed by atoms with Gasteiger partial charge in [0, 0.05) is 5.75 Å². The Morgan fingerprint density at radius 3 is 2.52 bits per heavy atom. The summed E-state index contributed by atoms with van der Waals surface area (Å²) < 4.78 is 27.1. The van der Waals surface area contributed by atoms with Crippen LogP contribution in [0.5, 0.6) is 0 Å². The summed E-state index contributed by atoms with van der Waals surface area (Å²) in [6.07, 6.45) is 0. The Hall–Kier alpha value is -1.54. The fourth-order valence-electron chi connectivity index (χ4n) is 2.61. The van der Waals surface area contributed by atoms with Gasteiger partial charge in [0.1, 0.15) is 0 Å². The molecule has 0 amide bonds. The first-order valence-electron chi connectivity index (χ1n) is 7.35. The lowest BCUT2D eigenvalue weighted by molar-refractivity contribution is 0.554. The molecule has 1 atom stereocenters. The van der Waals surface area contributed by atoms with E-state index in [0.717, 1.165) is 5.56 Å². The molecular formula is C15H20N4O2S2. The maximum absolute atomic E-state index is 12.7. The molecule has 1 aliphatic rings. The standard InChI is InChI=1S/C15H20N4O2S2/c1-15(2,3)10-4-6-12(7-5-10)23(20,21)9-11-8-22-14-18-17-13(16)19(11)14/h4-7,11H,8-9H2,1-3H3,(H2,16,17)/t11-/m0/s1. The minimum atomic E-state index is -3.39. The van der Waals surface area contributed by atoms with E-state index in [9.17, 15) is 8.42 Å². The van der Waals surface area contributed by atoms with Crippen LogP contribution < -0.4 is 5.73 Å². The number of nitrogens with two attached hydrogens (primary N) is 1. The highest BCUT2D eigenvalue weighted by molar-refractivity contribution is 7.99. The maximum Gasteiger partial charge on any atom is 0.223 e. The Labute approximate surface area is 140 Å². The minimum Gasteiger partial charge on any atom is -0.368 e. The summed E-state index contributed by atoms with van der Waals surface area (Å²) in [6.45, 7) is 6.30. The van der Waals surface area contributed by atoms with Crippen LogP contribution in [0.15, 0.2) is 34.3 Å². The number of hydrogen-bond acceptors (Lipinski definition) is 6. The second-order valence-corrected chi connectivity index (χ2v) is 9.75. The van der Waals surface area contributed by atoms with E-state index in [1.807, 2.05) is 12.1 Å². The fraction of sp³-hybridized carbons (Fsp3) is 0.467.